The van der Waals surface area contributed by atoms with Gasteiger partial charge >= 0.3 is 0 Å². The number of alkyl halides is 2. The zero-order valence-electron chi connectivity index (χ0n) is 14.2. The quantitative estimate of drug-likeness (QED) is 0.586. The summed E-state index contributed by atoms with van der Waals surface area (Å²) in [6.07, 6.45) is 3.89. The maximum atomic E-state index is 14.2. The summed E-state index contributed by atoms with van der Waals surface area (Å²) in [6.45, 7) is 0. The SMILES string of the molecule is N[C@@H]1CCCC(F)(F)[C@@H]1CC(=O)c1nc(-c2cnn3ccccc23)c(Br)s1. The van der Waals surface area contributed by atoms with E-state index in [9.17, 15) is 13.6 Å². The van der Waals surface area contributed by atoms with E-state index in [0.29, 0.717) is 22.3 Å². The van der Waals surface area contributed by atoms with Gasteiger partial charge in [-0.3, -0.25) is 4.79 Å². The minimum atomic E-state index is -2.91. The van der Waals surface area contributed by atoms with Crippen molar-refractivity contribution in [3.05, 3.63) is 39.4 Å². The lowest BCUT2D eigenvalue weighted by Gasteiger charge is -2.35. The predicted octanol–water partition coefficient (Wildman–Crippen LogP) is 4.56. The number of halogens is 3. The Morgan fingerprint density at radius 1 is 1.44 bits per heavy atom. The fraction of sp³-hybridized carbons (Fsp3) is 0.389. The fourth-order valence-corrected chi connectivity index (χ4v) is 5.08. The lowest BCUT2D eigenvalue weighted by atomic mass is 9.79. The molecular formula is C18H17BrF2N4OS. The van der Waals surface area contributed by atoms with Crippen LogP contribution in [0.1, 0.15) is 35.5 Å². The summed E-state index contributed by atoms with van der Waals surface area (Å²) in [4.78, 5) is 17.1. The number of rotatable bonds is 4. The van der Waals surface area contributed by atoms with E-state index in [-0.39, 0.29) is 17.8 Å². The smallest absolute Gasteiger partial charge is 0.252 e. The van der Waals surface area contributed by atoms with E-state index in [1.807, 2.05) is 24.4 Å². The van der Waals surface area contributed by atoms with Gasteiger partial charge in [0.25, 0.3) is 5.92 Å². The average Bonchev–Trinajstić information content (AvgIpc) is 3.21. The van der Waals surface area contributed by atoms with Crippen LogP contribution < -0.4 is 5.73 Å². The molecule has 4 rings (SSSR count). The highest BCUT2D eigenvalue weighted by atomic mass is 79.9. The topological polar surface area (TPSA) is 73.3 Å². The number of nitrogens with two attached hydrogens (primary N) is 1. The van der Waals surface area contributed by atoms with Crippen LogP contribution in [0, 0.1) is 5.92 Å². The van der Waals surface area contributed by atoms with Gasteiger partial charge in [-0.1, -0.05) is 6.07 Å². The second-order valence-electron chi connectivity index (χ2n) is 6.78. The van der Waals surface area contributed by atoms with Gasteiger partial charge in [0.1, 0.15) is 5.69 Å². The third-order valence-corrected chi connectivity index (χ3v) is 6.76. The third-order valence-electron chi connectivity index (χ3n) is 5.02. The number of hydrogen-bond donors (Lipinski definition) is 1. The molecule has 5 nitrogen and oxygen atoms in total. The third kappa shape index (κ3) is 3.43. The van der Waals surface area contributed by atoms with Gasteiger partial charge in [-0.05, 0) is 40.9 Å². The molecule has 1 saturated carbocycles. The van der Waals surface area contributed by atoms with E-state index in [0.717, 1.165) is 22.4 Å². The largest absolute Gasteiger partial charge is 0.327 e. The highest BCUT2D eigenvalue weighted by Gasteiger charge is 2.46. The highest BCUT2D eigenvalue weighted by molar-refractivity contribution is 9.11. The van der Waals surface area contributed by atoms with Crippen molar-refractivity contribution < 1.29 is 13.6 Å². The van der Waals surface area contributed by atoms with Crippen molar-refractivity contribution in [2.75, 3.05) is 0 Å². The number of fused-ring (bicyclic) bond motifs is 1. The maximum absolute atomic E-state index is 14.2. The van der Waals surface area contributed by atoms with Gasteiger partial charge in [-0.25, -0.2) is 18.3 Å². The molecule has 0 amide bonds. The molecule has 0 radical (unpaired) electrons. The minimum absolute atomic E-state index is 0.209. The Morgan fingerprint density at radius 3 is 3.04 bits per heavy atom. The van der Waals surface area contributed by atoms with E-state index in [1.165, 1.54) is 0 Å². The predicted molar refractivity (Wildman–Crippen MR) is 103 cm³/mol. The van der Waals surface area contributed by atoms with Gasteiger partial charge in [0.15, 0.2) is 10.8 Å². The van der Waals surface area contributed by atoms with Gasteiger partial charge in [0.05, 0.1) is 15.5 Å². The summed E-state index contributed by atoms with van der Waals surface area (Å²) in [5.74, 6) is -4.44. The molecule has 1 aliphatic rings. The maximum Gasteiger partial charge on any atom is 0.252 e. The summed E-state index contributed by atoms with van der Waals surface area (Å²) >= 11 is 4.60. The molecule has 27 heavy (non-hydrogen) atoms. The zero-order valence-corrected chi connectivity index (χ0v) is 16.6. The van der Waals surface area contributed by atoms with E-state index in [2.05, 4.69) is 26.0 Å². The molecule has 0 aromatic carbocycles. The second-order valence-corrected chi connectivity index (χ2v) is 9.10. The number of pyridine rings is 1. The molecule has 142 valence electrons. The van der Waals surface area contributed by atoms with E-state index >= 15 is 0 Å². The molecular weight excluding hydrogens is 438 g/mol. The summed E-state index contributed by atoms with van der Waals surface area (Å²) < 4.78 is 30.8. The first-order valence-electron chi connectivity index (χ1n) is 8.62. The molecule has 2 atom stereocenters. The van der Waals surface area contributed by atoms with Gasteiger partial charge in [-0.2, -0.15) is 5.10 Å². The second kappa shape index (κ2) is 7.03. The summed E-state index contributed by atoms with van der Waals surface area (Å²) in [6, 6.07) is 4.99. The normalized spacial score (nSPS) is 22.2. The number of ketones is 1. The molecule has 0 aliphatic heterocycles. The van der Waals surface area contributed by atoms with Crippen LogP contribution in [0.4, 0.5) is 8.78 Å². The number of hydrogen-bond acceptors (Lipinski definition) is 5. The standard InChI is InChI=1S/C18H17BrF2N4OS/c19-16-15(10-9-23-25-7-2-1-5-13(10)25)24-17(27-16)14(26)8-11-12(22)4-3-6-18(11,20)21/h1-2,5,7,9,11-12H,3-4,6,8,22H2/t11-,12-/m1/s1. The van der Waals surface area contributed by atoms with E-state index < -0.39 is 23.7 Å². The molecule has 9 heteroatoms. The Labute approximate surface area is 166 Å². The van der Waals surface area contributed by atoms with Gasteiger partial charge < -0.3 is 5.73 Å². The van der Waals surface area contributed by atoms with Crippen molar-refractivity contribution in [1.82, 2.24) is 14.6 Å². The average molecular weight is 455 g/mol. The van der Waals surface area contributed by atoms with Crippen LogP contribution in [0.5, 0.6) is 0 Å². The number of carbonyl (C=O) groups excluding carboxylic acids is 1. The van der Waals surface area contributed by atoms with Crippen LogP contribution in [0.3, 0.4) is 0 Å². The Kier molecular flexibility index (Phi) is 4.85. The molecule has 3 heterocycles. The Hall–Kier alpha value is -1.71. The number of carbonyl (C=O) groups is 1. The highest BCUT2D eigenvalue weighted by Crippen LogP contribution is 2.41. The number of Topliss-reactive ketones (excluding diaryl/α,β-unsaturated/α-hetero) is 1. The van der Waals surface area contributed by atoms with E-state index in [4.69, 9.17) is 5.73 Å². The molecule has 1 aliphatic carbocycles. The molecule has 0 unspecified atom stereocenters. The van der Waals surface area contributed by atoms with Crippen molar-refractivity contribution in [2.45, 2.75) is 37.6 Å². The summed E-state index contributed by atoms with van der Waals surface area (Å²) in [5.41, 5.74) is 8.10. The van der Waals surface area contributed by atoms with Crippen molar-refractivity contribution in [2.24, 2.45) is 11.7 Å². The first-order valence-corrected chi connectivity index (χ1v) is 10.2. The number of aromatic nitrogens is 3. The molecule has 0 spiro atoms. The Bertz CT molecular complexity index is 1000. The van der Waals surface area contributed by atoms with Crippen LogP contribution >= 0.6 is 27.3 Å². The van der Waals surface area contributed by atoms with Crippen molar-refractivity contribution >= 4 is 38.6 Å². The van der Waals surface area contributed by atoms with E-state index in [1.54, 1.807) is 10.7 Å². The molecule has 3 aromatic heterocycles. The monoisotopic (exact) mass is 454 g/mol. The first kappa shape index (κ1) is 18.6. The first-order chi connectivity index (χ1) is 12.9. The number of thiazole rings is 1. The van der Waals surface area contributed by atoms with Crippen LogP contribution in [0.25, 0.3) is 16.8 Å². The number of nitrogens with zero attached hydrogens (tertiary/aromatic N) is 3. The molecule has 1 fully saturated rings. The fourth-order valence-electron chi connectivity index (χ4n) is 3.56. The van der Waals surface area contributed by atoms with Gasteiger partial charge in [-0.15, -0.1) is 11.3 Å². The Morgan fingerprint density at radius 2 is 2.26 bits per heavy atom. The van der Waals surface area contributed by atoms with Crippen LogP contribution in [0.15, 0.2) is 34.4 Å². The van der Waals surface area contributed by atoms with Crippen LogP contribution in [0.2, 0.25) is 0 Å². The summed E-state index contributed by atoms with van der Waals surface area (Å²) in [7, 11) is 0. The van der Waals surface area contributed by atoms with Gasteiger partial charge in [0.2, 0.25) is 0 Å². The summed E-state index contributed by atoms with van der Waals surface area (Å²) in [5, 5.41) is 4.48. The van der Waals surface area contributed by atoms with Crippen LogP contribution in [-0.2, 0) is 0 Å². The lowest BCUT2D eigenvalue weighted by Crippen LogP contribution is -2.46. The van der Waals surface area contributed by atoms with Crippen molar-refractivity contribution in [3.8, 4) is 11.3 Å². The molecule has 3 aromatic rings. The van der Waals surface area contributed by atoms with Gasteiger partial charge in [0, 0.05) is 36.6 Å². The van der Waals surface area contributed by atoms with Crippen LogP contribution in [-0.4, -0.2) is 32.3 Å². The van der Waals surface area contributed by atoms with Crippen molar-refractivity contribution in [3.63, 3.8) is 0 Å². The zero-order chi connectivity index (χ0) is 19.2. The lowest BCUT2D eigenvalue weighted by molar-refractivity contribution is -0.0923. The molecule has 0 bridgehead atoms. The minimum Gasteiger partial charge on any atom is -0.327 e. The van der Waals surface area contributed by atoms with Crippen molar-refractivity contribution in [1.29, 1.82) is 0 Å². The molecule has 2 N–H and O–H groups in total. The Balaban J connectivity index is 1.62. The molecule has 0 saturated heterocycles.